The number of anilines is 1. The molecule has 0 radical (unpaired) electrons. The molecule has 21 heavy (non-hydrogen) atoms. The second-order valence-electron chi connectivity index (χ2n) is 6.65. The van der Waals surface area contributed by atoms with Gasteiger partial charge < -0.3 is 15.1 Å². The summed E-state index contributed by atoms with van der Waals surface area (Å²) in [7, 11) is 0. The van der Waals surface area contributed by atoms with E-state index in [1.165, 1.54) is 63.2 Å². The van der Waals surface area contributed by atoms with Crippen LogP contribution < -0.4 is 10.2 Å². The van der Waals surface area contributed by atoms with Crippen LogP contribution in [0, 0.1) is 6.92 Å². The molecule has 1 N–H and O–H groups in total. The van der Waals surface area contributed by atoms with Crippen molar-refractivity contribution >= 4 is 5.69 Å². The Kier molecular flexibility index (Phi) is 4.81. The van der Waals surface area contributed by atoms with Gasteiger partial charge in [0.25, 0.3) is 0 Å². The van der Waals surface area contributed by atoms with Crippen LogP contribution in [0.5, 0.6) is 0 Å². The van der Waals surface area contributed by atoms with Gasteiger partial charge in [-0.25, -0.2) is 0 Å². The monoisotopic (exact) mass is 287 g/mol. The summed E-state index contributed by atoms with van der Waals surface area (Å²) in [6.07, 6.45) is 3.87. The van der Waals surface area contributed by atoms with Crippen molar-refractivity contribution in [3.05, 3.63) is 29.8 Å². The lowest BCUT2D eigenvalue weighted by Gasteiger charge is -2.35. The topological polar surface area (TPSA) is 18.5 Å². The molecule has 2 fully saturated rings. The molecule has 3 nitrogen and oxygen atoms in total. The molecule has 0 amide bonds. The van der Waals surface area contributed by atoms with Crippen molar-refractivity contribution in [2.45, 2.75) is 45.2 Å². The Bertz CT molecular complexity index is 452. The Morgan fingerprint density at radius 3 is 2.52 bits per heavy atom. The fourth-order valence-electron chi connectivity index (χ4n) is 3.72. The Hall–Kier alpha value is -1.06. The molecule has 0 saturated carbocycles. The van der Waals surface area contributed by atoms with E-state index in [9.17, 15) is 0 Å². The summed E-state index contributed by atoms with van der Waals surface area (Å²) in [5.74, 6) is 0. The molecule has 3 rings (SSSR count). The summed E-state index contributed by atoms with van der Waals surface area (Å²) in [6.45, 7) is 10.5. The fourth-order valence-corrected chi connectivity index (χ4v) is 3.72. The average Bonchev–Trinajstić information content (AvgIpc) is 2.96. The van der Waals surface area contributed by atoms with Crippen molar-refractivity contribution in [3.63, 3.8) is 0 Å². The maximum absolute atomic E-state index is 3.90. The minimum absolute atomic E-state index is 0.716. The number of nitrogens with one attached hydrogen (secondary N) is 1. The van der Waals surface area contributed by atoms with Gasteiger partial charge in [-0.2, -0.15) is 0 Å². The van der Waals surface area contributed by atoms with Gasteiger partial charge >= 0.3 is 0 Å². The van der Waals surface area contributed by atoms with E-state index in [1.807, 2.05) is 0 Å². The Morgan fingerprint density at radius 1 is 1.10 bits per heavy atom. The number of piperidine rings is 1. The third-order valence-electron chi connectivity index (χ3n) is 5.05. The number of hydrogen-bond acceptors (Lipinski definition) is 3. The number of benzene rings is 1. The van der Waals surface area contributed by atoms with Crippen LogP contribution in [-0.4, -0.2) is 49.7 Å². The molecule has 2 saturated heterocycles. The van der Waals surface area contributed by atoms with E-state index in [0.29, 0.717) is 6.04 Å². The second-order valence-corrected chi connectivity index (χ2v) is 6.65. The quantitative estimate of drug-likeness (QED) is 0.918. The zero-order valence-corrected chi connectivity index (χ0v) is 13.5. The van der Waals surface area contributed by atoms with Gasteiger partial charge in [-0.3, -0.25) is 0 Å². The molecule has 1 unspecified atom stereocenters. The number of rotatable bonds is 4. The predicted molar refractivity (Wildman–Crippen MR) is 90.1 cm³/mol. The van der Waals surface area contributed by atoms with Crippen molar-refractivity contribution in [2.75, 3.05) is 37.6 Å². The molecule has 2 heterocycles. The van der Waals surface area contributed by atoms with Crippen LogP contribution >= 0.6 is 0 Å². The van der Waals surface area contributed by atoms with E-state index in [-0.39, 0.29) is 0 Å². The SMILES string of the molecule is CCN1CCC(NC2CCN(c3cccc(C)c3)CC2)C1. The van der Waals surface area contributed by atoms with Gasteiger partial charge in [0, 0.05) is 37.4 Å². The second kappa shape index (κ2) is 6.80. The van der Waals surface area contributed by atoms with E-state index in [0.717, 1.165) is 6.04 Å². The molecular weight excluding hydrogens is 258 g/mol. The highest BCUT2D eigenvalue weighted by Gasteiger charge is 2.26. The van der Waals surface area contributed by atoms with E-state index in [2.05, 4.69) is 53.2 Å². The first-order valence-electron chi connectivity index (χ1n) is 8.54. The normalized spacial score (nSPS) is 24.7. The molecule has 116 valence electrons. The van der Waals surface area contributed by atoms with Gasteiger partial charge in [-0.05, 0) is 57.0 Å². The molecule has 1 aromatic rings. The summed E-state index contributed by atoms with van der Waals surface area (Å²) in [6, 6.07) is 10.3. The highest BCUT2D eigenvalue weighted by molar-refractivity contribution is 5.48. The third kappa shape index (κ3) is 3.78. The molecule has 0 bridgehead atoms. The van der Waals surface area contributed by atoms with Crippen molar-refractivity contribution in [2.24, 2.45) is 0 Å². The van der Waals surface area contributed by atoms with Crippen molar-refractivity contribution in [1.82, 2.24) is 10.2 Å². The smallest absolute Gasteiger partial charge is 0.0368 e. The number of aryl methyl sites for hydroxylation is 1. The highest BCUT2D eigenvalue weighted by Crippen LogP contribution is 2.22. The first-order valence-corrected chi connectivity index (χ1v) is 8.54. The van der Waals surface area contributed by atoms with Gasteiger partial charge in [0.1, 0.15) is 0 Å². The van der Waals surface area contributed by atoms with Gasteiger partial charge in [-0.15, -0.1) is 0 Å². The van der Waals surface area contributed by atoms with Crippen LogP contribution in [0.1, 0.15) is 31.7 Å². The lowest BCUT2D eigenvalue weighted by atomic mass is 10.0. The van der Waals surface area contributed by atoms with Crippen LogP contribution in [0.15, 0.2) is 24.3 Å². The third-order valence-corrected chi connectivity index (χ3v) is 5.05. The summed E-state index contributed by atoms with van der Waals surface area (Å²) >= 11 is 0. The van der Waals surface area contributed by atoms with Gasteiger partial charge in [0.05, 0.1) is 0 Å². The van der Waals surface area contributed by atoms with E-state index in [4.69, 9.17) is 0 Å². The fraction of sp³-hybridized carbons (Fsp3) is 0.667. The number of nitrogens with zero attached hydrogens (tertiary/aromatic N) is 2. The van der Waals surface area contributed by atoms with Crippen LogP contribution in [0.4, 0.5) is 5.69 Å². The summed E-state index contributed by atoms with van der Waals surface area (Å²) in [5, 5.41) is 3.90. The van der Waals surface area contributed by atoms with Gasteiger partial charge in [-0.1, -0.05) is 19.1 Å². The van der Waals surface area contributed by atoms with Gasteiger partial charge in [0.15, 0.2) is 0 Å². The molecule has 1 atom stereocenters. The lowest BCUT2D eigenvalue weighted by molar-refractivity contribution is 0.325. The molecule has 1 aromatic carbocycles. The summed E-state index contributed by atoms with van der Waals surface area (Å²) in [5.41, 5.74) is 2.75. The van der Waals surface area contributed by atoms with Gasteiger partial charge in [0.2, 0.25) is 0 Å². The summed E-state index contributed by atoms with van der Waals surface area (Å²) < 4.78 is 0. The standard InChI is InChI=1S/C18H29N3/c1-3-20-10-7-17(14-20)19-16-8-11-21(12-9-16)18-6-4-5-15(2)13-18/h4-6,13,16-17,19H,3,7-12,14H2,1-2H3. The maximum Gasteiger partial charge on any atom is 0.0368 e. The molecule has 0 aromatic heterocycles. The largest absolute Gasteiger partial charge is 0.371 e. The van der Waals surface area contributed by atoms with E-state index >= 15 is 0 Å². The zero-order valence-electron chi connectivity index (χ0n) is 13.5. The number of likely N-dealkylation sites (tertiary alicyclic amines) is 1. The molecule has 0 spiro atoms. The molecule has 0 aliphatic carbocycles. The lowest BCUT2D eigenvalue weighted by Crippen LogP contribution is -2.47. The van der Waals surface area contributed by atoms with E-state index in [1.54, 1.807) is 0 Å². The Morgan fingerprint density at radius 2 is 1.86 bits per heavy atom. The Labute approximate surface area is 129 Å². The van der Waals surface area contributed by atoms with Crippen molar-refractivity contribution < 1.29 is 0 Å². The summed E-state index contributed by atoms with van der Waals surface area (Å²) in [4.78, 5) is 5.09. The predicted octanol–water partition coefficient (Wildman–Crippen LogP) is 2.65. The van der Waals surface area contributed by atoms with E-state index < -0.39 is 0 Å². The zero-order chi connectivity index (χ0) is 14.7. The van der Waals surface area contributed by atoms with Crippen LogP contribution in [0.25, 0.3) is 0 Å². The molecule has 2 aliphatic heterocycles. The highest BCUT2D eigenvalue weighted by atomic mass is 15.2. The van der Waals surface area contributed by atoms with Crippen molar-refractivity contribution in [1.29, 1.82) is 0 Å². The van der Waals surface area contributed by atoms with Crippen LogP contribution in [0.3, 0.4) is 0 Å². The minimum Gasteiger partial charge on any atom is -0.371 e. The maximum atomic E-state index is 3.90. The van der Waals surface area contributed by atoms with Crippen molar-refractivity contribution in [3.8, 4) is 0 Å². The van der Waals surface area contributed by atoms with Crippen LogP contribution in [-0.2, 0) is 0 Å². The first kappa shape index (κ1) is 14.9. The number of hydrogen-bond donors (Lipinski definition) is 1. The molecular formula is C18H29N3. The first-order chi connectivity index (χ1) is 10.2. The molecule has 3 heteroatoms. The minimum atomic E-state index is 0.716. The molecule has 2 aliphatic rings. The average molecular weight is 287 g/mol. The Balaban J connectivity index is 1.47. The van der Waals surface area contributed by atoms with Crippen LogP contribution in [0.2, 0.25) is 0 Å². The number of likely N-dealkylation sites (N-methyl/N-ethyl adjacent to an activating group) is 1.